The molecule has 2 fully saturated rings. The van der Waals surface area contributed by atoms with Gasteiger partial charge in [0.25, 0.3) is 0 Å². The summed E-state index contributed by atoms with van der Waals surface area (Å²) in [5.41, 5.74) is 1.04. The van der Waals surface area contributed by atoms with E-state index in [0.29, 0.717) is 0 Å². The van der Waals surface area contributed by atoms with E-state index in [1.54, 1.807) is 0 Å². The van der Waals surface area contributed by atoms with Gasteiger partial charge >= 0.3 is 0 Å². The molecule has 0 aromatic heterocycles. The maximum atomic E-state index is 8.70. The average molecular weight is 167 g/mol. The third-order valence-corrected chi connectivity index (χ3v) is 3.33. The van der Waals surface area contributed by atoms with Crippen LogP contribution in [0.5, 0.6) is 0 Å². The van der Waals surface area contributed by atoms with Crippen molar-refractivity contribution in [3.8, 4) is 0 Å². The van der Waals surface area contributed by atoms with Crippen LogP contribution in [-0.4, -0.2) is 10.9 Å². The molecule has 0 saturated heterocycles. The molecule has 68 valence electrons. The molecule has 3 atom stereocenters. The summed E-state index contributed by atoms with van der Waals surface area (Å²) in [5, 5.41) is 12.1. The zero-order chi connectivity index (χ0) is 8.55. The summed E-state index contributed by atoms with van der Waals surface area (Å²) in [5.74, 6) is 2.53. The van der Waals surface area contributed by atoms with Crippen LogP contribution in [-0.2, 0) is 0 Å². The minimum atomic E-state index is 0.818. The molecule has 12 heavy (non-hydrogen) atoms. The van der Waals surface area contributed by atoms with Crippen LogP contribution in [0.2, 0.25) is 0 Å². The normalized spacial score (nSPS) is 44.8. The van der Waals surface area contributed by atoms with Crippen molar-refractivity contribution in [2.24, 2.45) is 22.9 Å². The lowest BCUT2D eigenvalue weighted by Gasteiger charge is -2.37. The van der Waals surface area contributed by atoms with Gasteiger partial charge in [0.1, 0.15) is 0 Å². The summed E-state index contributed by atoms with van der Waals surface area (Å²) < 4.78 is 0. The van der Waals surface area contributed by atoms with Gasteiger partial charge in [-0.3, -0.25) is 0 Å². The first-order valence-corrected chi connectivity index (χ1v) is 4.97. The summed E-state index contributed by atoms with van der Waals surface area (Å²) in [6.07, 6.45) is 6.17. The molecule has 0 heterocycles. The van der Waals surface area contributed by atoms with Gasteiger partial charge in [-0.15, -0.1) is 0 Å². The van der Waals surface area contributed by atoms with Crippen molar-refractivity contribution in [3.63, 3.8) is 0 Å². The quantitative estimate of drug-likeness (QED) is 0.436. The second-order valence-electron chi connectivity index (χ2n) is 4.62. The highest BCUT2D eigenvalue weighted by molar-refractivity contribution is 5.85. The molecule has 0 amide bonds. The Kier molecular flexibility index (Phi) is 2.07. The lowest BCUT2D eigenvalue weighted by atomic mass is 9.68. The van der Waals surface area contributed by atoms with E-state index in [2.05, 4.69) is 12.1 Å². The highest BCUT2D eigenvalue weighted by Gasteiger charge is 2.32. The lowest BCUT2D eigenvalue weighted by Crippen LogP contribution is -2.30. The molecule has 0 aliphatic heterocycles. The molecule has 2 heteroatoms. The van der Waals surface area contributed by atoms with Gasteiger partial charge in [-0.2, -0.15) is 0 Å². The number of hydrogen-bond donors (Lipinski definition) is 1. The van der Waals surface area contributed by atoms with Crippen LogP contribution in [0, 0.1) is 17.8 Å². The summed E-state index contributed by atoms with van der Waals surface area (Å²) >= 11 is 0. The van der Waals surface area contributed by atoms with Crippen molar-refractivity contribution in [1.82, 2.24) is 0 Å². The highest BCUT2D eigenvalue weighted by Crippen LogP contribution is 2.41. The molecule has 0 aromatic rings. The van der Waals surface area contributed by atoms with Crippen LogP contribution in [0.3, 0.4) is 0 Å². The van der Waals surface area contributed by atoms with E-state index < -0.39 is 0 Å². The molecule has 1 N–H and O–H groups in total. The number of hydrogen-bond acceptors (Lipinski definition) is 2. The van der Waals surface area contributed by atoms with Crippen LogP contribution in [0.25, 0.3) is 0 Å². The number of nitrogens with zero attached hydrogens (tertiary/aromatic N) is 1. The Bertz CT molecular complexity index is 180. The van der Waals surface area contributed by atoms with Crippen LogP contribution in [0.15, 0.2) is 5.16 Å². The number of oxime groups is 1. The van der Waals surface area contributed by atoms with E-state index >= 15 is 0 Å². The minimum Gasteiger partial charge on any atom is -0.411 e. The van der Waals surface area contributed by atoms with Crippen molar-refractivity contribution in [2.45, 2.75) is 39.0 Å². The summed E-state index contributed by atoms with van der Waals surface area (Å²) in [7, 11) is 0. The fourth-order valence-corrected chi connectivity index (χ4v) is 3.06. The van der Waals surface area contributed by atoms with Gasteiger partial charge < -0.3 is 5.21 Å². The molecule has 2 nitrogen and oxygen atoms in total. The SMILES string of the molecule is CC1CC2C/C(=N/O)C[C@H](C1)C2. The first kappa shape index (κ1) is 8.09. The Labute approximate surface area is 73.7 Å². The van der Waals surface area contributed by atoms with E-state index in [4.69, 9.17) is 5.21 Å². The number of rotatable bonds is 0. The van der Waals surface area contributed by atoms with Gasteiger partial charge in [-0.25, -0.2) is 0 Å². The largest absolute Gasteiger partial charge is 0.411 e. The molecule has 2 saturated carbocycles. The van der Waals surface area contributed by atoms with Crippen LogP contribution < -0.4 is 0 Å². The van der Waals surface area contributed by atoms with Crippen LogP contribution >= 0.6 is 0 Å². The Balaban J connectivity index is 2.05. The number of fused-ring (bicyclic) bond motifs is 2. The molecule has 0 radical (unpaired) electrons. The molecular formula is C10H17NO. The molecule has 0 aromatic carbocycles. The van der Waals surface area contributed by atoms with Gasteiger partial charge in [-0.1, -0.05) is 12.1 Å². The summed E-state index contributed by atoms with van der Waals surface area (Å²) in [4.78, 5) is 0. The van der Waals surface area contributed by atoms with Crippen molar-refractivity contribution in [2.75, 3.05) is 0 Å². The molecule has 0 spiro atoms. The van der Waals surface area contributed by atoms with E-state index in [-0.39, 0.29) is 0 Å². The Hall–Kier alpha value is -0.530. The standard InChI is InChI=1S/C10H17NO/c1-7-2-8-4-9(3-7)6-10(5-8)11-12/h7-9,12H,2-6H2,1H3/b11-10-/t7?,8?,9-/m1/s1. The topological polar surface area (TPSA) is 32.6 Å². The predicted molar refractivity (Wildman–Crippen MR) is 48.5 cm³/mol. The predicted octanol–water partition coefficient (Wildman–Crippen LogP) is 2.66. The minimum absolute atomic E-state index is 0.818. The van der Waals surface area contributed by atoms with Crippen LogP contribution in [0.1, 0.15) is 39.0 Å². The van der Waals surface area contributed by atoms with Crippen molar-refractivity contribution in [1.29, 1.82) is 0 Å². The maximum Gasteiger partial charge on any atom is 0.0576 e. The maximum absolute atomic E-state index is 8.70. The fraction of sp³-hybridized carbons (Fsp3) is 0.900. The highest BCUT2D eigenvalue weighted by atomic mass is 16.4. The molecule has 2 aliphatic rings. The zero-order valence-electron chi connectivity index (χ0n) is 7.66. The Morgan fingerprint density at radius 3 is 2.25 bits per heavy atom. The van der Waals surface area contributed by atoms with E-state index in [0.717, 1.165) is 36.3 Å². The Morgan fingerprint density at radius 1 is 1.17 bits per heavy atom. The van der Waals surface area contributed by atoms with Gasteiger partial charge in [0, 0.05) is 0 Å². The van der Waals surface area contributed by atoms with E-state index in [9.17, 15) is 0 Å². The van der Waals surface area contributed by atoms with Gasteiger partial charge in [0.15, 0.2) is 0 Å². The molecule has 2 aliphatic carbocycles. The smallest absolute Gasteiger partial charge is 0.0576 e. The third-order valence-electron chi connectivity index (χ3n) is 3.33. The second kappa shape index (κ2) is 3.08. The van der Waals surface area contributed by atoms with Crippen molar-refractivity contribution in [3.05, 3.63) is 0 Å². The van der Waals surface area contributed by atoms with Gasteiger partial charge in [0.05, 0.1) is 5.71 Å². The van der Waals surface area contributed by atoms with Crippen molar-refractivity contribution >= 4 is 5.71 Å². The van der Waals surface area contributed by atoms with Gasteiger partial charge in [-0.05, 0) is 49.9 Å². The molecule has 2 rings (SSSR count). The fourth-order valence-electron chi connectivity index (χ4n) is 3.06. The molecular weight excluding hydrogens is 150 g/mol. The summed E-state index contributed by atoms with van der Waals surface area (Å²) in [6.45, 7) is 2.35. The lowest BCUT2D eigenvalue weighted by molar-refractivity contribution is 0.192. The second-order valence-corrected chi connectivity index (χ2v) is 4.62. The first-order valence-electron chi connectivity index (χ1n) is 4.97. The van der Waals surface area contributed by atoms with Gasteiger partial charge in [0.2, 0.25) is 0 Å². The van der Waals surface area contributed by atoms with Crippen LogP contribution in [0.4, 0.5) is 0 Å². The first-order chi connectivity index (χ1) is 5.78. The molecule has 2 bridgehead atoms. The third kappa shape index (κ3) is 1.47. The molecule has 2 unspecified atom stereocenters. The average Bonchev–Trinajstić information content (AvgIpc) is 2.02. The van der Waals surface area contributed by atoms with Crippen molar-refractivity contribution < 1.29 is 5.21 Å². The summed E-state index contributed by atoms with van der Waals surface area (Å²) in [6, 6.07) is 0. The Morgan fingerprint density at radius 2 is 1.75 bits per heavy atom. The van der Waals surface area contributed by atoms with E-state index in [1.165, 1.54) is 19.3 Å². The zero-order valence-corrected chi connectivity index (χ0v) is 7.66. The van der Waals surface area contributed by atoms with E-state index in [1.807, 2.05) is 0 Å². The monoisotopic (exact) mass is 167 g/mol.